The predicted molar refractivity (Wildman–Crippen MR) is 103 cm³/mol. The van der Waals surface area contributed by atoms with E-state index in [0.717, 1.165) is 17.6 Å². The van der Waals surface area contributed by atoms with Crippen LogP contribution in [0.3, 0.4) is 0 Å². The highest BCUT2D eigenvalue weighted by Crippen LogP contribution is 2.29. The van der Waals surface area contributed by atoms with Crippen LogP contribution in [0.1, 0.15) is 30.4 Å². The van der Waals surface area contributed by atoms with Crippen molar-refractivity contribution >= 4 is 23.6 Å². The molecule has 0 saturated heterocycles. The highest BCUT2D eigenvalue weighted by molar-refractivity contribution is 6.13. The van der Waals surface area contributed by atoms with Crippen LogP contribution in [0.2, 0.25) is 0 Å². The predicted octanol–water partition coefficient (Wildman–Crippen LogP) is 5.90. The van der Waals surface area contributed by atoms with Gasteiger partial charge in [0, 0.05) is 16.8 Å². The van der Waals surface area contributed by atoms with Gasteiger partial charge in [-0.05, 0) is 66.8 Å². The van der Waals surface area contributed by atoms with Gasteiger partial charge >= 0.3 is 12.1 Å². The molecule has 0 atom stereocenters. The molecule has 3 nitrogen and oxygen atoms in total. The van der Waals surface area contributed by atoms with Crippen LogP contribution >= 0.6 is 0 Å². The first-order valence-electron chi connectivity index (χ1n) is 8.72. The number of hydrogen-bond acceptors (Lipinski definition) is 3. The SMILES string of the molecule is Nc1ccc(C=C2CCCC(=Cc3ccc(OC(F)=C(F)F)cc3)C2=O)cc1. The average molecular weight is 385 g/mol. The zero-order valence-corrected chi connectivity index (χ0v) is 14.9. The number of nitrogen functional groups attached to an aromatic ring is 1. The highest BCUT2D eigenvalue weighted by Gasteiger charge is 2.20. The minimum atomic E-state index is -2.51. The van der Waals surface area contributed by atoms with E-state index >= 15 is 0 Å². The number of nitrogens with two attached hydrogens (primary N) is 1. The molecule has 0 amide bonds. The van der Waals surface area contributed by atoms with Crippen molar-refractivity contribution in [2.24, 2.45) is 0 Å². The average Bonchev–Trinajstić information content (AvgIpc) is 2.68. The Morgan fingerprint density at radius 2 is 1.36 bits per heavy atom. The zero-order chi connectivity index (χ0) is 20.1. The Balaban J connectivity index is 1.77. The minimum Gasteiger partial charge on any atom is -0.428 e. The van der Waals surface area contributed by atoms with E-state index in [2.05, 4.69) is 4.74 Å². The first kappa shape index (κ1) is 19.5. The lowest BCUT2D eigenvalue weighted by molar-refractivity contribution is -0.112. The number of benzene rings is 2. The molecule has 2 N–H and O–H groups in total. The molecular formula is C22H18F3NO2. The number of carbonyl (C=O) groups excluding carboxylic acids is 1. The highest BCUT2D eigenvalue weighted by atomic mass is 19.3. The Morgan fingerprint density at radius 3 is 1.86 bits per heavy atom. The number of rotatable bonds is 4. The van der Waals surface area contributed by atoms with Crippen LogP contribution in [0, 0.1) is 0 Å². The van der Waals surface area contributed by atoms with Crippen LogP contribution in [0.5, 0.6) is 5.75 Å². The smallest absolute Gasteiger partial charge is 0.344 e. The Hall–Kier alpha value is -3.28. The fourth-order valence-electron chi connectivity index (χ4n) is 2.95. The Labute approximate surface area is 160 Å². The normalized spacial score (nSPS) is 17.0. The third-order valence-corrected chi connectivity index (χ3v) is 4.33. The second-order valence-electron chi connectivity index (χ2n) is 6.39. The maximum atomic E-state index is 12.8. The Morgan fingerprint density at radius 1 is 0.857 bits per heavy atom. The van der Waals surface area contributed by atoms with Crippen LogP contribution in [-0.4, -0.2) is 5.78 Å². The molecule has 144 valence electrons. The number of Topliss-reactive ketones (excluding diaryl/α,β-unsaturated/α-hetero) is 1. The van der Waals surface area contributed by atoms with Gasteiger partial charge in [0.2, 0.25) is 0 Å². The van der Waals surface area contributed by atoms with Crippen molar-refractivity contribution in [2.75, 3.05) is 5.73 Å². The fraction of sp³-hybridized carbons (Fsp3) is 0.136. The van der Waals surface area contributed by atoms with E-state index in [1.165, 1.54) is 12.1 Å². The molecule has 28 heavy (non-hydrogen) atoms. The quantitative estimate of drug-likeness (QED) is 0.405. The maximum Gasteiger partial charge on any atom is 0.344 e. The van der Waals surface area contributed by atoms with Gasteiger partial charge in [0.15, 0.2) is 5.78 Å². The lowest BCUT2D eigenvalue weighted by Gasteiger charge is -2.16. The van der Waals surface area contributed by atoms with Gasteiger partial charge in [-0.2, -0.15) is 13.2 Å². The molecule has 0 aromatic heterocycles. The summed E-state index contributed by atoms with van der Waals surface area (Å²) in [6, 6.07) is 11.3. The van der Waals surface area contributed by atoms with E-state index in [9.17, 15) is 18.0 Å². The van der Waals surface area contributed by atoms with Gasteiger partial charge in [-0.25, -0.2) is 0 Å². The van der Waals surface area contributed by atoms with Crippen LogP contribution in [0.4, 0.5) is 18.9 Å². The lowest BCUT2D eigenvalue weighted by atomic mass is 9.87. The number of ether oxygens (including phenoxy) is 1. The molecule has 2 aromatic carbocycles. The van der Waals surface area contributed by atoms with Gasteiger partial charge in [0.05, 0.1) is 0 Å². The standard InChI is InChI=1S/C22H18F3NO2/c23-21(24)22(25)28-19-10-6-15(7-11-19)13-17-3-1-2-16(20(17)27)12-14-4-8-18(26)9-5-14/h4-13H,1-3,26H2. The second kappa shape index (κ2) is 8.61. The second-order valence-corrected chi connectivity index (χ2v) is 6.39. The number of hydrogen-bond donors (Lipinski definition) is 1. The van der Waals surface area contributed by atoms with Crippen LogP contribution in [-0.2, 0) is 4.79 Å². The maximum absolute atomic E-state index is 12.8. The largest absolute Gasteiger partial charge is 0.428 e. The molecular weight excluding hydrogens is 367 g/mol. The molecule has 1 fully saturated rings. The van der Waals surface area contributed by atoms with E-state index in [4.69, 9.17) is 5.73 Å². The molecule has 0 spiro atoms. The van der Waals surface area contributed by atoms with Crippen LogP contribution < -0.4 is 10.5 Å². The summed E-state index contributed by atoms with van der Waals surface area (Å²) in [5, 5.41) is 0. The third kappa shape index (κ3) is 4.91. The number of halogens is 3. The molecule has 0 heterocycles. The summed E-state index contributed by atoms with van der Waals surface area (Å²) >= 11 is 0. The summed E-state index contributed by atoms with van der Waals surface area (Å²) in [6.07, 6.45) is 3.31. The molecule has 0 unspecified atom stereocenters. The monoisotopic (exact) mass is 385 g/mol. The fourth-order valence-corrected chi connectivity index (χ4v) is 2.95. The van der Waals surface area contributed by atoms with E-state index < -0.39 is 12.1 Å². The third-order valence-electron chi connectivity index (χ3n) is 4.33. The van der Waals surface area contributed by atoms with Gasteiger partial charge in [0.25, 0.3) is 0 Å². The minimum absolute atomic E-state index is 0.0168. The van der Waals surface area contributed by atoms with Crippen molar-refractivity contribution in [3.63, 3.8) is 0 Å². The zero-order valence-electron chi connectivity index (χ0n) is 14.9. The molecule has 0 bridgehead atoms. The van der Waals surface area contributed by atoms with Gasteiger partial charge in [0.1, 0.15) is 5.75 Å². The first-order chi connectivity index (χ1) is 13.4. The first-order valence-corrected chi connectivity index (χ1v) is 8.72. The van der Waals surface area contributed by atoms with Crippen molar-refractivity contribution in [3.8, 4) is 5.75 Å². The summed E-state index contributed by atoms with van der Waals surface area (Å²) in [5.41, 5.74) is 9.36. The summed E-state index contributed by atoms with van der Waals surface area (Å²) in [5.74, 6) is -0.0664. The van der Waals surface area contributed by atoms with Crippen molar-refractivity contribution in [1.82, 2.24) is 0 Å². The van der Waals surface area contributed by atoms with Crippen molar-refractivity contribution < 1.29 is 22.7 Å². The molecule has 0 radical (unpaired) electrons. The van der Waals surface area contributed by atoms with Crippen molar-refractivity contribution in [3.05, 3.63) is 82.9 Å². The van der Waals surface area contributed by atoms with Gasteiger partial charge < -0.3 is 10.5 Å². The number of ketones is 1. The summed E-state index contributed by atoms with van der Waals surface area (Å²) in [7, 11) is 0. The van der Waals surface area contributed by atoms with E-state index in [-0.39, 0.29) is 11.5 Å². The number of carbonyl (C=O) groups is 1. The summed E-state index contributed by atoms with van der Waals surface area (Å²) < 4.78 is 41.4. The molecule has 2 aromatic rings. The van der Waals surface area contributed by atoms with Gasteiger partial charge in [-0.15, -0.1) is 0 Å². The molecule has 0 aliphatic heterocycles. The van der Waals surface area contributed by atoms with E-state index in [0.29, 0.717) is 29.7 Å². The topological polar surface area (TPSA) is 52.3 Å². The van der Waals surface area contributed by atoms with E-state index in [1.54, 1.807) is 30.3 Å². The van der Waals surface area contributed by atoms with Crippen LogP contribution in [0.25, 0.3) is 12.2 Å². The summed E-state index contributed by atoms with van der Waals surface area (Å²) in [6.45, 7) is 0. The molecule has 1 aliphatic carbocycles. The number of allylic oxidation sites excluding steroid dienone is 2. The van der Waals surface area contributed by atoms with Crippen LogP contribution in [0.15, 0.2) is 71.8 Å². The van der Waals surface area contributed by atoms with Crippen molar-refractivity contribution in [1.29, 1.82) is 0 Å². The lowest BCUT2D eigenvalue weighted by Crippen LogP contribution is -2.12. The Bertz CT molecular complexity index is 954. The van der Waals surface area contributed by atoms with Gasteiger partial charge in [-0.1, -0.05) is 24.3 Å². The van der Waals surface area contributed by atoms with E-state index in [1.807, 2.05) is 18.2 Å². The molecule has 3 rings (SSSR count). The molecule has 1 aliphatic rings. The number of anilines is 1. The molecule has 6 heteroatoms. The Kier molecular flexibility index (Phi) is 5.99. The van der Waals surface area contributed by atoms with Crippen molar-refractivity contribution in [2.45, 2.75) is 19.3 Å². The molecule has 1 saturated carbocycles. The summed E-state index contributed by atoms with van der Waals surface area (Å²) in [4.78, 5) is 12.8. The van der Waals surface area contributed by atoms with Gasteiger partial charge in [-0.3, -0.25) is 4.79 Å².